The summed E-state index contributed by atoms with van der Waals surface area (Å²) in [6, 6.07) is 4.10. The molecule has 1 amide bonds. The van der Waals surface area contributed by atoms with Crippen molar-refractivity contribution in [1.29, 1.82) is 0 Å². The van der Waals surface area contributed by atoms with Crippen LogP contribution < -0.4 is 5.32 Å². The summed E-state index contributed by atoms with van der Waals surface area (Å²) in [5.74, 6) is 1.82. The van der Waals surface area contributed by atoms with Gasteiger partial charge in [-0.25, -0.2) is 14.6 Å². The van der Waals surface area contributed by atoms with Crippen molar-refractivity contribution in [2.45, 2.75) is 45.7 Å². The molecule has 1 aliphatic rings. The number of aryl methyl sites for hydroxylation is 3. The van der Waals surface area contributed by atoms with E-state index in [0.717, 1.165) is 41.4 Å². The van der Waals surface area contributed by atoms with Gasteiger partial charge in [0.25, 0.3) is 0 Å². The van der Waals surface area contributed by atoms with Gasteiger partial charge in [0, 0.05) is 24.9 Å². The van der Waals surface area contributed by atoms with Gasteiger partial charge in [-0.1, -0.05) is 6.07 Å². The number of fused-ring (bicyclic) bond motifs is 2. The molecule has 0 aliphatic carbocycles. The Hall–Kier alpha value is -2.70. The van der Waals surface area contributed by atoms with Crippen LogP contribution >= 0.6 is 0 Å². The van der Waals surface area contributed by atoms with Crippen LogP contribution in [-0.4, -0.2) is 36.1 Å². The zero-order chi connectivity index (χ0) is 16.7. The zero-order valence-corrected chi connectivity index (χ0v) is 13.9. The van der Waals surface area contributed by atoms with E-state index in [-0.39, 0.29) is 11.9 Å². The number of carbonyl (C=O) groups is 1. The van der Waals surface area contributed by atoms with Gasteiger partial charge in [-0.05, 0) is 31.9 Å². The van der Waals surface area contributed by atoms with Crippen molar-refractivity contribution < 1.29 is 4.79 Å². The molecule has 7 nitrogen and oxygen atoms in total. The predicted octanol–water partition coefficient (Wildman–Crippen LogP) is 1.22. The molecule has 4 rings (SSSR count). The van der Waals surface area contributed by atoms with Gasteiger partial charge in [0.1, 0.15) is 17.3 Å². The molecular weight excluding hydrogens is 304 g/mol. The fourth-order valence-corrected chi connectivity index (χ4v) is 3.33. The van der Waals surface area contributed by atoms with Gasteiger partial charge in [-0.2, -0.15) is 5.10 Å². The van der Waals surface area contributed by atoms with Crippen LogP contribution in [0, 0.1) is 13.8 Å². The Balaban J connectivity index is 1.44. The topological polar surface area (TPSA) is 77.1 Å². The maximum absolute atomic E-state index is 12.4. The van der Waals surface area contributed by atoms with Gasteiger partial charge in [-0.3, -0.25) is 4.79 Å². The van der Waals surface area contributed by atoms with Crippen LogP contribution in [0.3, 0.4) is 0 Å². The highest BCUT2D eigenvalue weighted by Crippen LogP contribution is 2.14. The summed E-state index contributed by atoms with van der Waals surface area (Å²) >= 11 is 0. The van der Waals surface area contributed by atoms with Crippen molar-refractivity contribution in [2.75, 3.05) is 0 Å². The van der Waals surface area contributed by atoms with Crippen LogP contribution in [0.25, 0.3) is 5.65 Å². The van der Waals surface area contributed by atoms with Crippen LogP contribution in [0.5, 0.6) is 0 Å². The molecule has 1 atom stereocenters. The summed E-state index contributed by atoms with van der Waals surface area (Å²) in [4.78, 5) is 21.2. The summed E-state index contributed by atoms with van der Waals surface area (Å²) in [6.07, 6.45) is 5.80. The maximum Gasteiger partial charge on any atom is 0.226 e. The lowest BCUT2D eigenvalue weighted by Gasteiger charge is -2.23. The molecule has 1 N–H and O–H groups in total. The van der Waals surface area contributed by atoms with Gasteiger partial charge >= 0.3 is 0 Å². The molecule has 0 spiro atoms. The number of nitrogens with one attached hydrogen (secondary N) is 1. The maximum atomic E-state index is 12.4. The largest absolute Gasteiger partial charge is 0.351 e. The average molecular weight is 324 g/mol. The Morgan fingerprint density at radius 3 is 3.17 bits per heavy atom. The summed E-state index contributed by atoms with van der Waals surface area (Å²) < 4.78 is 3.88. The van der Waals surface area contributed by atoms with Crippen molar-refractivity contribution in [3.8, 4) is 0 Å². The van der Waals surface area contributed by atoms with Gasteiger partial charge < -0.3 is 9.72 Å². The molecule has 0 saturated heterocycles. The van der Waals surface area contributed by atoms with E-state index in [4.69, 9.17) is 0 Å². The third-order valence-corrected chi connectivity index (χ3v) is 4.48. The SMILES string of the molecule is Cc1nc2n(n1)CC(NC(=O)Cc1cnc3c(C)cccn13)CC2. The van der Waals surface area contributed by atoms with Crippen molar-refractivity contribution in [3.63, 3.8) is 0 Å². The summed E-state index contributed by atoms with van der Waals surface area (Å²) in [6.45, 7) is 4.60. The molecule has 24 heavy (non-hydrogen) atoms. The number of imidazole rings is 1. The molecule has 3 aromatic heterocycles. The highest BCUT2D eigenvalue weighted by atomic mass is 16.1. The standard InChI is InChI=1S/C17H20N6O/c1-11-4-3-7-22-14(9-18-17(11)22)8-16(24)20-13-5-6-15-19-12(2)21-23(15)10-13/h3-4,7,9,13H,5-6,8,10H2,1-2H3,(H,20,24). The normalized spacial score (nSPS) is 17.0. The Morgan fingerprint density at radius 1 is 1.42 bits per heavy atom. The van der Waals surface area contributed by atoms with E-state index < -0.39 is 0 Å². The van der Waals surface area contributed by atoms with E-state index >= 15 is 0 Å². The molecule has 0 aromatic carbocycles. The van der Waals surface area contributed by atoms with E-state index in [9.17, 15) is 4.79 Å². The Morgan fingerprint density at radius 2 is 2.29 bits per heavy atom. The molecular formula is C17H20N6O. The quantitative estimate of drug-likeness (QED) is 0.786. The van der Waals surface area contributed by atoms with E-state index in [1.165, 1.54) is 0 Å². The van der Waals surface area contributed by atoms with Crippen molar-refractivity contribution >= 4 is 11.6 Å². The monoisotopic (exact) mass is 324 g/mol. The first-order valence-corrected chi connectivity index (χ1v) is 8.21. The van der Waals surface area contributed by atoms with Crippen LogP contribution in [0.15, 0.2) is 24.5 Å². The summed E-state index contributed by atoms with van der Waals surface area (Å²) in [5.41, 5.74) is 2.91. The number of amides is 1. The lowest BCUT2D eigenvalue weighted by atomic mass is 10.1. The van der Waals surface area contributed by atoms with Crippen LogP contribution in [0.2, 0.25) is 0 Å². The van der Waals surface area contributed by atoms with E-state index in [0.29, 0.717) is 13.0 Å². The second-order valence-corrected chi connectivity index (χ2v) is 6.37. The zero-order valence-electron chi connectivity index (χ0n) is 13.9. The molecule has 1 unspecified atom stereocenters. The average Bonchev–Trinajstić information content (AvgIpc) is 3.11. The first-order chi connectivity index (χ1) is 11.6. The Bertz CT molecular complexity index is 909. The molecule has 0 bridgehead atoms. The fourth-order valence-electron chi connectivity index (χ4n) is 3.33. The lowest BCUT2D eigenvalue weighted by Crippen LogP contribution is -2.42. The molecule has 1 aliphatic heterocycles. The molecule has 4 heterocycles. The number of hydrogen-bond acceptors (Lipinski definition) is 4. The van der Waals surface area contributed by atoms with Gasteiger partial charge in [0.2, 0.25) is 5.91 Å². The van der Waals surface area contributed by atoms with Crippen LogP contribution in [0.4, 0.5) is 0 Å². The van der Waals surface area contributed by atoms with E-state index in [1.807, 2.05) is 41.3 Å². The molecule has 0 radical (unpaired) electrons. The molecule has 124 valence electrons. The van der Waals surface area contributed by atoms with Gasteiger partial charge in [0.05, 0.1) is 18.7 Å². The second-order valence-electron chi connectivity index (χ2n) is 6.37. The summed E-state index contributed by atoms with van der Waals surface area (Å²) in [7, 11) is 0. The first-order valence-electron chi connectivity index (χ1n) is 8.21. The number of aromatic nitrogens is 5. The Labute approximate surface area is 139 Å². The lowest BCUT2D eigenvalue weighted by molar-refractivity contribution is -0.121. The number of hydrogen-bond donors (Lipinski definition) is 1. The van der Waals surface area contributed by atoms with Crippen molar-refractivity contribution in [2.24, 2.45) is 0 Å². The minimum absolute atomic E-state index is 0.0172. The van der Waals surface area contributed by atoms with E-state index in [2.05, 4.69) is 20.4 Å². The van der Waals surface area contributed by atoms with Gasteiger partial charge in [0.15, 0.2) is 0 Å². The smallest absolute Gasteiger partial charge is 0.226 e. The number of carbonyl (C=O) groups excluding carboxylic acids is 1. The highest BCUT2D eigenvalue weighted by Gasteiger charge is 2.22. The highest BCUT2D eigenvalue weighted by molar-refractivity contribution is 5.78. The third-order valence-electron chi connectivity index (χ3n) is 4.48. The molecule has 3 aromatic rings. The fraction of sp³-hybridized carbons (Fsp3) is 0.412. The number of pyridine rings is 1. The van der Waals surface area contributed by atoms with Crippen molar-refractivity contribution in [1.82, 2.24) is 29.5 Å². The Kier molecular flexibility index (Phi) is 3.55. The number of rotatable bonds is 3. The molecule has 7 heteroatoms. The summed E-state index contributed by atoms with van der Waals surface area (Å²) in [5, 5.41) is 7.49. The first kappa shape index (κ1) is 14.9. The van der Waals surface area contributed by atoms with E-state index in [1.54, 1.807) is 6.20 Å². The van der Waals surface area contributed by atoms with Gasteiger partial charge in [-0.15, -0.1) is 0 Å². The minimum atomic E-state index is 0.0172. The van der Waals surface area contributed by atoms with Crippen molar-refractivity contribution in [3.05, 3.63) is 47.4 Å². The molecule has 0 fully saturated rings. The predicted molar refractivity (Wildman–Crippen MR) is 88.6 cm³/mol. The minimum Gasteiger partial charge on any atom is -0.351 e. The second kappa shape index (κ2) is 5.74. The third kappa shape index (κ3) is 2.66. The molecule has 0 saturated carbocycles. The van der Waals surface area contributed by atoms with Crippen LogP contribution in [0.1, 0.15) is 29.3 Å². The van der Waals surface area contributed by atoms with Crippen LogP contribution in [-0.2, 0) is 24.2 Å². The number of nitrogens with zero attached hydrogens (tertiary/aromatic N) is 5.